The van der Waals surface area contributed by atoms with Crippen LogP contribution in [0.5, 0.6) is 0 Å². The van der Waals surface area contributed by atoms with Crippen molar-refractivity contribution >= 4 is 17.4 Å². The van der Waals surface area contributed by atoms with E-state index in [1.165, 1.54) is 4.88 Å². The molecule has 1 rings (SSSR count). The van der Waals surface area contributed by atoms with Gasteiger partial charge in [0.1, 0.15) is 0 Å². The Morgan fingerprint density at radius 1 is 1.53 bits per heavy atom. The van der Waals surface area contributed by atoms with Crippen LogP contribution < -0.4 is 5.32 Å². The lowest BCUT2D eigenvalue weighted by molar-refractivity contribution is 0.113. The van der Waals surface area contributed by atoms with Crippen molar-refractivity contribution in [3.8, 4) is 0 Å². The molecule has 84 valence electrons. The van der Waals surface area contributed by atoms with E-state index in [9.17, 15) is 4.79 Å². The molecule has 0 radical (unpaired) electrons. The van der Waals surface area contributed by atoms with Crippen LogP contribution in [0, 0.1) is 0 Å². The summed E-state index contributed by atoms with van der Waals surface area (Å²) in [5.74, 6) is 0. The Hall–Kier alpha value is -1.03. The van der Waals surface area contributed by atoms with Crippen molar-refractivity contribution in [3.63, 3.8) is 0 Å². The van der Waals surface area contributed by atoms with Crippen LogP contribution in [0.1, 0.15) is 25.6 Å². The number of hydrogen-bond donors (Lipinski definition) is 1. The van der Waals surface area contributed by atoms with E-state index < -0.39 is 0 Å². The first-order chi connectivity index (χ1) is 7.08. The highest BCUT2D eigenvalue weighted by Crippen LogP contribution is 2.10. The second-order valence-corrected chi connectivity index (χ2v) is 4.82. The zero-order valence-electron chi connectivity index (χ0n) is 9.32. The summed E-state index contributed by atoms with van der Waals surface area (Å²) in [6.07, 6.45) is 0.443. The van der Waals surface area contributed by atoms with Crippen LogP contribution in [0.4, 0.5) is 4.79 Å². The Kier molecular flexibility index (Phi) is 4.62. The fourth-order valence-electron chi connectivity index (χ4n) is 1.23. The molecule has 4 heteroatoms. The van der Waals surface area contributed by atoms with Gasteiger partial charge in [0.2, 0.25) is 0 Å². The Morgan fingerprint density at radius 2 is 2.27 bits per heavy atom. The van der Waals surface area contributed by atoms with Crippen molar-refractivity contribution in [2.45, 2.75) is 39.3 Å². The molecule has 0 aliphatic heterocycles. The first-order valence-corrected chi connectivity index (χ1v) is 5.95. The minimum Gasteiger partial charge on any atom is -0.447 e. The second kappa shape index (κ2) is 5.75. The molecule has 1 atom stereocenters. The molecule has 0 saturated carbocycles. The number of thiophene rings is 1. The molecule has 0 bridgehead atoms. The highest BCUT2D eigenvalue weighted by molar-refractivity contribution is 7.09. The van der Waals surface area contributed by atoms with Gasteiger partial charge in [0.15, 0.2) is 0 Å². The highest BCUT2D eigenvalue weighted by atomic mass is 32.1. The van der Waals surface area contributed by atoms with E-state index in [1.807, 2.05) is 32.2 Å². The fraction of sp³-hybridized carbons (Fsp3) is 0.545. The molecular weight excluding hydrogens is 210 g/mol. The van der Waals surface area contributed by atoms with Crippen molar-refractivity contribution in [1.82, 2.24) is 5.32 Å². The number of hydrogen-bond acceptors (Lipinski definition) is 3. The van der Waals surface area contributed by atoms with Gasteiger partial charge < -0.3 is 10.1 Å². The smallest absolute Gasteiger partial charge is 0.407 e. The van der Waals surface area contributed by atoms with Crippen LogP contribution in [0.2, 0.25) is 0 Å². The average Bonchev–Trinajstić information content (AvgIpc) is 2.53. The molecule has 1 aromatic rings. The van der Waals surface area contributed by atoms with Crippen LogP contribution in [0.3, 0.4) is 0 Å². The van der Waals surface area contributed by atoms with Crippen molar-refractivity contribution in [3.05, 3.63) is 22.4 Å². The van der Waals surface area contributed by atoms with E-state index in [4.69, 9.17) is 4.74 Å². The largest absolute Gasteiger partial charge is 0.447 e. The van der Waals surface area contributed by atoms with Gasteiger partial charge in [-0.1, -0.05) is 6.07 Å². The minimum atomic E-state index is -0.339. The quantitative estimate of drug-likeness (QED) is 0.859. The lowest BCUT2D eigenvalue weighted by Crippen LogP contribution is -2.35. The summed E-state index contributed by atoms with van der Waals surface area (Å²) in [6.45, 7) is 5.65. The molecule has 0 aliphatic carbocycles. The van der Waals surface area contributed by atoms with Gasteiger partial charge in [0.05, 0.1) is 6.10 Å². The van der Waals surface area contributed by atoms with Crippen molar-refractivity contribution in [2.24, 2.45) is 0 Å². The predicted octanol–water partition coefficient (Wildman–Crippen LogP) is 2.81. The molecule has 1 unspecified atom stereocenters. The third-order valence-electron chi connectivity index (χ3n) is 1.79. The number of nitrogens with one attached hydrogen (secondary N) is 1. The van der Waals surface area contributed by atoms with E-state index in [1.54, 1.807) is 11.3 Å². The molecule has 1 N–H and O–H groups in total. The zero-order chi connectivity index (χ0) is 11.3. The maximum atomic E-state index is 11.3. The number of carbonyl (C=O) groups is 1. The molecule has 1 amide bonds. The molecular formula is C11H17NO2S. The topological polar surface area (TPSA) is 38.3 Å². The van der Waals surface area contributed by atoms with E-state index in [2.05, 4.69) is 11.4 Å². The Balaban J connectivity index is 2.29. The standard InChI is InChI=1S/C11H17NO2S/c1-8(2)14-11(13)12-9(3)7-10-5-4-6-15-10/h4-6,8-9H,7H2,1-3H3,(H,12,13). The Labute approximate surface area is 94.5 Å². The molecule has 0 aliphatic rings. The third kappa shape index (κ3) is 4.83. The van der Waals surface area contributed by atoms with Gasteiger partial charge in [-0.25, -0.2) is 4.79 Å². The molecule has 15 heavy (non-hydrogen) atoms. The van der Waals surface area contributed by atoms with Crippen LogP contribution >= 0.6 is 11.3 Å². The van der Waals surface area contributed by atoms with Gasteiger partial charge in [0, 0.05) is 17.3 Å². The van der Waals surface area contributed by atoms with Gasteiger partial charge in [0.25, 0.3) is 0 Å². The second-order valence-electron chi connectivity index (χ2n) is 3.78. The normalized spacial score (nSPS) is 12.5. The van der Waals surface area contributed by atoms with Crippen LogP contribution in [0.15, 0.2) is 17.5 Å². The summed E-state index contributed by atoms with van der Waals surface area (Å²) in [4.78, 5) is 12.5. The SMILES string of the molecule is CC(Cc1cccs1)NC(=O)OC(C)C. The molecule has 1 aromatic heterocycles. The van der Waals surface area contributed by atoms with Crippen LogP contribution in [0.25, 0.3) is 0 Å². The van der Waals surface area contributed by atoms with E-state index in [-0.39, 0.29) is 18.2 Å². The number of amides is 1. The summed E-state index contributed by atoms with van der Waals surface area (Å²) < 4.78 is 4.99. The first kappa shape index (κ1) is 12.0. The molecule has 0 fully saturated rings. The lowest BCUT2D eigenvalue weighted by Gasteiger charge is -2.14. The van der Waals surface area contributed by atoms with Gasteiger partial charge in [-0.15, -0.1) is 11.3 Å². The van der Waals surface area contributed by atoms with Gasteiger partial charge in [-0.2, -0.15) is 0 Å². The Bertz CT molecular complexity index is 296. The maximum Gasteiger partial charge on any atom is 0.407 e. The fourth-order valence-corrected chi connectivity index (χ4v) is 2.07. The van der Waals surface area contributed by atoms with Crippen molar-refractivity contribution in [1.29, 1.82) is 0 Å². The molecule has 0 saturated heterocycles. The molecule has 0 spiro atoms. The lowest BCUT2D eigenvalue weighted by atomic mass is 10.2. The van der Waals surface area contributed by atoms with Crippen molar-refractivity contribution in [2.75, 3.05) is 0 Å². The van der Waals surface area contributed by atoms with Crippen molar-refractivity contribution < 1.29 is 9.53 Å². The van der Waals surface area contributed by atoms with E-state index in [0.29, 0.717) is 0 Å². The van der Waals surface area contributed by atoms with Crippen LogP contribution in [-0.2, 0) is 11.2 Å². The van der Waals surface area contributed by atoms with Gasteiger partial charge in [-0.3, -0.25) is 0 Å². The van der Waals surface area contributed by atoms with Gasteiger partial charge >= 0.3 is 6.09 Å². The summed E-state index contributed by atoms with van der Waals surface area (Å²) in [5, 5.41) is 4.83. The monoisotopic (exact) mass is 227 g/mol. The average molecular weight is 227 g/mol. The van der Waals surface area contributed by atoms with E-state index >= 15 is 0 Å². The van der Waals surface area contributed by atoms with Crippen LogP contribution in [-0.4, -0.2) is 18.2 Å². The number of alkyl carbamates (subject to hydrolysis) is 1. The maximum absolute atomic E-state index is 11.3. The summed E-state index contributed by atoms with van der Waals surface area (Å²) in [7, 11) is 0. The zero-order valence-corrected chi connectivity index (χ0v) is 10.1. The Morgan fingerprint density at radius 3 is 2.80 bits per heavy atom. The summed E-state index contributed by atoms with van der Waals surface area (Å²) in [6, 6.07) is 4.19. The highest BCUT2D eigenvalue weighted by Gasteiger charge is 2.10. The number of ether oxygens (including phenoxy) is 1. The minimum absolute atomic E-state index is 0.0704. The molecule has 3 nitrogen and oxygen atoms in total. The number of rotatable bonds is 4. The summed E-state index contributed by atoms with van der Waals surface area (Å²) in [5.41, 5.74) is 0. The molecule has 1 heterocycles. The predicted molar refractivity (Wildman–Crippen MR) is 62.2 cm³/mol. The number of carbonyl (C=O) groups excluding carboxylic acids is 1. The summed E-state index contributed by atoms with van der Waals surface area (Å²) >= 11 is 1.70. The van der Waals surface area contributed by atoms with Gasteiger partial charge in [-0.05, 0) is 32.2 Å². The third-order valence-corrected chi connectivity index (χ3v) is 2.69. The molecule has 0 aromatic carbocycles. The first-order valence-electron chi connectivity index (χ1n) is 5.07. The van der Waals surface area contributed by atoms with E-state index in [0.717, 1.165) is 6.42 Å².